The zero-order chi connectivity index (χ0) is 11.2. The predicted molar refractivity (Wildman–Crippen MR) is 63.9 cm³/mol. The average molecular weight is 219 g/mol. The van der Waals surface area contributed by atoms with Gasteiger partial charge >= 0.3 is 0 Å². The maximum atomic E-state index is 11.7. The highest BCUT2D eigenvalue weighted by Gasteiger charge is 2.54. The van der Waals surface area contributed by atoms with Crippen molar-refractivity contribution in [3.8, 4) is 0 Å². The van der Waals surface area contributed by atoms with E-state index in [9.17, 15) is 4.79 Å². The number of hydrogen-bond donors (Lipinski definition) is 1. The molecule has 2 nitrogen and oxygen atoms in total. The monoisotopic (exact) mass is 219 g/mol. The number of fused-ring (bicyclic) bond motifs is 1. The second-order valence-electron chi connectivity index (χ2n) is 5.84. The van der Waals surface area contributed by atoms with Gasteiger partial charge in [0.15, 0.2) is 0 Å². The topological polar surface area (TPSA) is 29.1 Å². The van der Waals surface area contributed by atoms with Crippen LogP contribution in [0.3, 0.4) is 0 Å². The van der Waals surface area contributed by atoms with Gasteiger partial charge in [-0.25, -0.2) is 0 Å². The molecule has 1 N–H and O–H groups in total. The number of hydrogen-bond acceptors (Lipinski definition) is 1. The molecule has 1 aliphatic heterocycles. The van der Waals surface area contributed by atoms with Gasteiger partial charge in [-0.3, -0.25) is 4.79 Å². The SMILES string of the molecule is CC1=CC(=O)N[C@]2(C3CCCCC3)CC[C@H]12. The van der Waals surface area contributed by atoms with E-state index >= 15 is 0 Å². The lowest BCUT2D eigenvalue weighted by molar-refractivity contribution is -0.124. The van der Waals surface area contributed by atoms with E-state index in [4.69, 9.17) is 0 Å². The van der Waals surface area contributed by atoms with Gasteiger partial charge in [-0.05, 0) is 38.5 Å². The molecule has 2 saturated carbocycles. The molecule has 0 spiro atoms. The van der Waals surface area contributed by atoms with Crippen LogP contribution in [0, 0.1) is 11.8 Å². The van der Waals surface area contributed by atoms with Gasteiger partial charge in [-0.2, -0.15) is 0 Å². The van der Waals surface area contributed by atoms with Gasteiger partial charge in [-0.15, -0.1) is 0 Å². The van der Waals surface area contributed by atoms with Gasteiger partial charge in [-0.1, -0.05) is 24.8 Å². The second-order valence-corrected chi connectivity index (χ2v) is 5.84. The van der Waals surface area contributed by atoms with Crippen LogP contribution in [0.5, 0.6) is 0 Å². The summed E-state index contributed by atoms with van der Waals surface area (Å²) in [5.74, 6) is 1.54. The molecule has 16 heavy (non-hydrogen) atoms. The average Bonchev–Trinajstić information content (AvgIpc) is 2.23. The van der Waals surface area contributed by atoms with Crippen molar-refractivity contribution >= 4 is 5.91 Å². The Balaban J connectivity index is 1.87. The van der Waals surface area contributed by atoms with Crippen molar-refractivity contribution < 1.29 is 4.79 Å². The molecule has 1 heterocycles. The Bertz CT molecular complexity index is 341. The fourth-order valence-corrected chi connectivity index (χ4v) is 4.16. The van der Waals surface area contributed by atoms with E-state index in [0.29, 0.717) is 5.92 Å². The lowest BCUT2D eigenvalue weighted by Gasteiger charge is -2.57. The van der Waals surface area contributed by atoms with E-state index in [-0.39, 0.29) is 11.4 Å². The fraction of sp³-hybridized carbons (Fsp3) is 0.786. The molecule has 3 rings (SSSR count). The smallest absolute Gasteiger partial charge is 0.244 e. The zero-order valence-corrected chi connectivity index (χ0v) is 10.1. The first-order valence-corrected chi connectivity index (χ1v) is 6.73. The molecule has 2 aliphatic carbocycles. The van der Waals surface area contributed by atoms with Crippen molar-refractivity contribution in [2.45, 2.75) is 57.4 Å². The van der Waals surface area contributed by atoms with Crippen LogP contribution in [0.4, 0.5) is 0 Å². The Morgan fingerprint density at radius 3 is 2.62 bits per heavy atom. The summed E-state index contributed by atoms with van der Waals surface area (Å²) in [6.07, 6.45) is 11.0. The molecule has 0 aromatic heterocycles. The van der Waals surface area contributed by atoms with Crippen LogP contribution in [-0.4, -0.2) is 11.4 Å². The summed E-state index contributed by atoms with van der Waals surface area (Å²) in [6.45, 7) is 2.14. The molecule has 0 unspecified atom stereocenters. The molecule has 88 valence electrons. The third-order valence-corrected chi connectivity index (χ3v) is 5.07. The van der Waals surface area contributed by atoms with Crippen molar-refractivity contribution in [1.29, 1.82) is 0 Å². The fourth-order valence-electron chi connectivity index (χ4n) is 4.16. The maximum Gasteiger partial charge on any atom is 0.244 e. The van der Waals surface area contributed by atoms with Crippen LogP contribution in [0.1, 0.15) is 51.9 Å². The molecular formula is C14H21NO. The van der Waals surface area contributed by atoms with Gasteiger partial charge < -0.3 is 5.32 Å². The number of amides is 1. The summed E-state index contributed by atoms with van der Waals surface area (Å²) in [6, 6.07) is 0. The van der Waals surface area contributed by atoms with Crippen LogP contribution >= 0.6 is 0 Å². The van der Waals surface area contributed by atoms with Crippen molar-refractivity contribution in [3.63, 3.8) is 0 Å². The van der Waals surface area contributed by atoms with Gasteiger partial charge in [0, 0.05) is 17.5 Å². The number of rotatable bonds is 1. The summed E-state index contributed by atoms with van der Waals surface area (Å²) >= 11 is 0. The summed E-state index contributed by atoms with van der Waals surface area (Å²) in [4.78, 5) is 11.7. The third kappa shape index (κ3) is 1.35. The summed E-state index contributed by atoms with van der Waals surface area (Å²) in [7, 11) is 0. The maximum absolute atomic E-state index is 11.7. The minimum absolute atomic E-state index is 0.152. The van der Waals surface area contributed by atoms with E-state index in [1.165, 1.54) is 50.5 Å². The van der Waals surface area contributed by atoms with E-state index in [2.05, 4.69) is 12.2 Å². The molecule has 0 bridgehead atoms. The molecule has 0 radical (unpaired) electrons. The predicted octanol–water partition coefficient (Wildman–Crippen LogP) is 2.79. The molecule has 0 saturated heterocycles. The van der Waals surface area contributed by atoms with Crippen LogP contribution in [0.15, 0.2) is 11.6 Å². The number of carbonyl (C=O) groups excluding carboxylic acids is 1. The molecule has 1 amide bonds. The molecule has 3 aliphatic rings. The summed E-state index contributed by atoms with van der Waals surface area (Å²) in [5.41, 5.74) is 1.48. The third-order valence-electron chi connectivity index (χ3n) is 5.07. The Labute approximate surface area is 97.5 Å². The van der Waals surface area contributed by atoms with Crippen molar-refractivity contribution in [1.82, 2.24) is 5.32 Å². The largest absolute Gasteiger partial charge is 0.346 e. The Kier molecular flexibility index (Phi) is 2.34. The first kappa shape index (κ1) is 10.4. The number of nitrogens with one attached hydrogen (secondary N) is 1. The highest BCUT2D eigenvalue weighted by atomic mass is 16.1. The summed E-state index contributed by atoms with van der Waals surface area (Å²) < 4.78 is 0. The quantitative estimate of drug-likeness (QED) is 0.722. The molecule has 2 atom stereocenters. The summed E-state index contributed by atoms with van der Waals surface area (Å²) in [5, 5.41) is 3.31. The van der Waals surface area contributed by atoms with Crippen LogP contribution in [-0.2, 0) is 4.79 Å². The minimum Gasteiger partial charge on any atom is -0.346 e. The van der Waals surface area contributed by atoms with Crippen LogP contribution in [0.25, 0.3) is 0 Å². The normalized spacial score (nSPS) is 39.4. The Morgan fingerprint density at radius 2 is 2.00 bits per heavy atom. The molecular weight excluding hydrogens is 198 g/mol. The van der Waals surface area contributed by atoms with E-state index in [0.717, 1.165) is 5.92 Å². The van der Waals surface area contributed by atoms with Gasteiger partial charge in [0.05, 0.1) is 0 Å². The van der Waals surface area contributed by atoms with Gasteiger partial charge in [0.25, 0.3) is 0 Å². The lowest BCUT2D eigenvalue weighted by Crippen LogP contribution is -2.66. The van der Waals surface area contributed by atoms with Gasteiger partial charge in [0.1, 0.15) is 0 Å². The zero-order valence-electron chi connectivity index (χ0n) is 10.1. The molecule has 0 aromatic rings. The van der Waals surface area contributed by atoms with Crippen molar-refractivity contribution in [2.24, 2.45) is 11.8 Å². The van der Waals surface area contributed by atoms with E-state index < -0.39 is 0 Å². The first-order chi connectivity index (χ1) is 7.72. The Morgan fingerprint density at radius 1 is 1.25 bits per heavy atom. The lowest BCUT2D eigenvalue weighted by atomic mass is 9.54. The Hall–Kier alpha value is -0.790. The standard InChI is InChI=1S/C14H21NO/c1-10-9-13(16)15-14(8-7-12(10)14)11-5-3-2-4-6-11/h9,11-12H,2-8H2,1H3,(H,15,16)/t12-,14+/m1/s1. The van der Waals surface area contributed by atoms with Crippen LogP contribution < -0.4 is 5.32 Å². The molecule has 2 fully saturated rings. The van der Waals surface area contributed by atoms with Crippen molar-refractivity contribution in [2.75, 3.05) is 0 Å². The number of carbonyl (C=O) groups is 1. The van der Waals surface area contributed by atoms with Crippen LogP contribution in [0.2, 0.25) is 0 Å². The highest BCUT2D eigenvalue weighted by Crippen LogP contribution is 2.52. The second kappa shape index (κ2) is 3.61. The highest BCUT2D eigenvalue weighted by molar-refractivity contribution is 5.90. The van der Waals surface area contributed by atoms with E-state index in [1.807, 2.05) is 6.08 Å². The van der Waals surface area contributed by atoms with Crippen molar-refractivity contribution in [3.05, 3.63) is 11.6 Å². The minimum atomic E-state index is 0.152. The van der Waals surface area contributed by atoms with Gasteiger partial charge in [0.2, 0.25) is 5.91 Å². The first-order valence-electron chi connectivity index (χ1n) is 6.73. The van der Waals surface area contributed by atoms with E-state index in [1.54, 1.807) is 0 Å². The molecule has 2 heteroatoms. The molecule has 0 aromatic carbocycles.